The zero-order valence-electron chi connectivity index (χ0n) is 7.90. The summed E-state index contributed by atoms with van der Waals surface area (Å²) < 4.78 is 29.8. The molecule has 1 N–H and O–H groups in total. The van der Waals surface area contributed by atoms with Crippen molar-refractivity contribution in [3.8, 4) is 0 Å². The van der Waals surface area contributed by atoms with Gasteiger partial charge in [-0.1, -0.05) is 6.92 Å². The van der Waals surface area contributed by atoms with Crippen LogP contribution in [0.5, 0.6) is 0 Å². The third kappa shape index (κ3) is 4.20. The van der Waals surface area contributed by atoms with Crippen molar-refractivity contribution in [1.29, 1.82) is 0 Å². The quantitative estimate of drug-likeness (QED) is 0.587. The lowest BCUT2D eigenvalue weighted by atomic mass is 10.7. The number of ether oxygens (including phenoxy) is 1. The number of likely N-dealkylation sites (N-methyl/N-ethyl adjacent to an activating group) is 1. The Morgan fingerprint density at radius 1 is 1.54 bits per heavy atom. The van der Waals surface area contributed by atoms with Crippen molar-refractivity contribution in [2.45, 2.75) is 6.92 Å². The lowest BCUT2D eigenvalue weighted by Crippen LogP contribution is -2.40. The summed E-state index contributed by atoms with van der Waals surface area (Å²) in [4.78, 5) is 10.7. The first-order valence-corrected chi connectivity index (χ1v) is 5.15. The molecular formula is C6H14N2O4S. The van der Waals surface area contributed by atoms with E-state index in [9.17, 15) is 13.2 Å². The maximum atomic E-state index is 11.2. The van der Waals surface area contributed by atoms with Crippen molar-refractivity contribution in [1.82, 2.24) is 9.03 Å². The molecule has 0 aromatic heterocycles. The molecule has 0 amide bonds. The van der Waals surface area contributed by atoms with Crippen LogP contribution in [0.25, 0.3) is 0 Å². The number of nitrogens with zero attached hydrogens (tertiary/aromatic N) is 1. The van der Waals surface area contributed by atoms with Gasteiger partial charge in [0, 0.05) is 13.6 Å². The van der Waals surface area contributed by atoms with Crippen molar-refractivity contribution in [3.63, 3.8) is 0 Å². The molecule has 0 fully saturated rings. The predicted molar refractivity (Wildman–Crippen MR) is 47.2 cm³/mol. The van der Waals surface area contributed by atoms with Crippen LogP contribution in [-0.4, -0.2) is 45.9 Å². The summed E-state index contributed by atoms with van der Waals surface area (Å²) in [5.74, 6) is -0.594. The summed E-state index contributed by atoms with van der Waals surface area (Å²) in [6.07, 6.45) is 0. The topological polar surface area (TPSA) is 75.7 Å². The number of carbonyl (C=O) groups excluding carboxylic acids is 1. The number of carbonyl (C=O) groups is 1. The highest BCUT2D eigenvalue weighted by Crippen LogP contribution is 1.93. The molecule has 0 rings (SSSR count). The van der Waals surface area contributed by atoms with Gasteiger partial charge in [-0.25, -0.2) is 4.72 Å². The van der Waals surface area contributed by atoms with Crippen LogP contribution in [0.4, 0.5) is 0 Å². The molecule has 0 aliphatic carbocycles. The zero-order chi connectivity index (χ0) is 10.5. The fourth-order valence-electron chi connectivity index (χ4n) is 0.624. The van der Waals surface area contributed by atoms with Gasteiger partial charge in [-0.2, -0.15) is 12.7 Å². The maximum absolute atomic E-state index is 11.2. The average molecular weight is 210 g/mol. The van der Waals surface area contributed by atoms with Crippen LogP contribution in [0.2, 0.25) is 0 Å². The van der Waals surface area contributed by atoms with E-state index in [1.165, 1.54) is 14.2 Å². The Morgan fingerprint density at radius 3 is 2.46 bits per heavy atom. The molecule has 0 atom stereocenters. The van der Waals surface area contributed by atoms with Gasteiger partial charge in [-0.05, 0) is 0 Å². The molecule has 0 unspecified atom stereocenters. The second kappa shape index (κ2) is 5.15. The molecule has 0 spiro atoms. The number of nitrogens with one attached hydrogen (secondary N) is 1. The smallest absolute Gasteiger partial charge is 0.321 e. The van der Waals surface area contributed by atoms with E-state index >= 15 is 0 Å². The van der Waals surface area contributed by atoms with E-state index in [1.54, 1.807) is 6.92 Å². The van der Waals surface area contributed by atoms with Gasteiger partial charge in [0.1, 0.15) is 6.54 Å². The van der Waals surface area contributed by atoms with Crippen molar-refractivity contribution >= 4 is 16.2 Å². The molecule has 0 aliphatic rings. The highest BCUT2D eigenvalue weighted by atomic mass is 32.2. The molecule has 0 saturated carbocycles. The van der Waals surface area contributed by atoms with E-state index in [4.69, 9.17) is 0 Å². The minimum Gasteiger partial charge on any atom is -0.468 e. The van der Waals surface area contributed by atoms with Gasteiger partial charge in [0.2, 0.25) is 0 Å². The SMILES string of the molecule is CCNS(=O)(=O)N(C)CC(=O)OC. The first kappa shape index (κ1) is 12.3. The maximum Gasteiger partial charge on any atom is 0.321 e. The zero-order valence-corrected chi connectivity index (χ0v) is 8.72. The van der Waals surface area contributed by atoms with E-state index in [0.717, 1.165) is 4.31 Å². The molecular weight excluding hydrogens is 196 g/mol. The predicted octanol–water partition coefficient (Wildman–Crippen LogP) is -1.05. The van der Waals surface area contributed by atoms with Crippen LogP contribution in [0.15, 0.2) is 0 Å². The van der Waals surface area contributed by atoms with Crippen molar-refractivity contribution in [2.75, 3.05) is 27.2 Å². The summed E-state index contributed by atoms with van der Waals surface area (Å²) in [5, 5.41) is 0. The van der Waals surface area contributed by atoms with Gasteiger partial charge in [0.05, 0.1) is 7.11 Å². The highest BCUT2D eigenvalue weighted by molar-refractivity contribution is 7.87. The standard InChI is InChI=1S/C6H14N2O4S/c1-4-7-13(10,11)8(2)5-6(9)12-3/h7H,4-5H2,1-3H3. The molecule has 0 heterocycles. The largest absolute Gasteiger partial charge is 0.468 e. The van der Waals surface area contributed by atoms with E-state index in [1.807, 2.05) is 0 Å². The molecule has 0 saturated heterocycles. The molecule has 13 heavy (non-hydrogen) atoms. The van der Waals surface area contributed by atoms with Crippen molar-refractivity contribution in [3.05, 3.63) is 0 Å². The first-order chi connectivity index (χ1) is 5.94. The Morgan fingerprint density at radius 2 is 2.08 bits per heavy atom. The molecule has 0 aromatic rings. The van der Waals surface area contributed by atoms with Gasteiger partial charge in [-0.3, -0.25) is 4.79 Å². The lowest BCUT2D eigenvalue weighted by Gasteiger charge is -2.15. The molecule has 6 nitrogen and oxygen atoms in total. The molecule has 0 aliphatic heterocycles. The Hall–Kier alpha value is -0.660. The fraction of sp³-hybridized carbons (Fsp3) is 0.833. The van der Waals surface area contributed by atoms with Gasteiger partial charge < -0.3 is 4.74 Å². The second-order valence-corrected chi connectivity index (χ2v) is 4.20. The van der Waals surface area contributed by atoms with E-state index in [2.05, 4.69) is 9.46 Å². The first-order valence-electron chi connectivity index (χ1n) is 3.71. The highest BCUT2D eigenvalue weighted by Gasteiger charge is 2.18. The number of methoxy groups -OCH3 is 1. The Labute approximate surface area is 78.0 Å². The van der Waals surface area contributed by atoms with Crippen LogP contribution in [-0.2, 0) is 19.7 Å². The van der Waals surface area contributed by atoms with E-state index < -0.39 is 16.2 Å². The monoisotopic (exact) mass is 210 g/mol. The summed E-state index contributed by atoms with van der Waals surface area (Å²) in [5.41, 5.74) is 0. The molecule has 0 aromatic carbocycles. The van der Waals surface area contributed by atoms with Crippen molar-refractivity contribution in [2.24, 2.45) is 0 Å². The molecule has 78 valence electrons. The van der Waals surface area contributed by atoms with E-state index in [0.29, 0.717) is 0 Å². The Balaban J connectivity index is 4.25. The summed E-state index contributed by atoms with van der Waals surface area (Å²) in [6, 6.07) is 0. The van der Waals surface area contributed by atoms with Crippen LogP contribution < -0.4 is 4.72 Å². The molecule has 0 radical (unpaired) electrons. The minimum absolute atomic E-state index is 0.286. The third-order valence-corrected chi connectivity index (χ3v) is 2.92. The lowest BCUT2D eigenvalue weighted by molar-refractivity contribution is -0.140. The second-order valence-electron chi connectivity index (χ2n) is 2.34. The molecule has 0 bridgehead atoms. The van der Waals surface area contributed by atoms with Crippen LogP contribution >= 0.6 is 0 Å². The number of rotatable bonds is 5. The van der Waals surface area contributed by atoms with Crippen LogP contribution in [0, 0.1) is 0 Å². The number of hydrogen-bond acceptors (Lipinski definition) is 4. The number of hydrogen-bond donors (Lipinski definition) is 1. The summed E-state index contributed by atoms with van der Waals surface area (Å²) in [7, 11) is -1.03. The number of esters is 1. The Bertz CT molecular complexity index is 262. The van der Waals surface area contributed by atoms with Gasteiger partial charge in [0.25, 0.3) is 10.2 Å². The van der Waals surface area contributed by atoms with Gasteiger partial charge in [-0.15, -0.1) is 0 Å². The average Bonchev–Trinajstić information content (AvgIpc) is 2.04. The normalized spacial score (nSPS) is 11.7. The minimum atomic E-state index is -3.53. The fourth-order valence-corrected chi connectivity index (χ4v) is 1.48. The summed E-state index contributed by atoms with van der Waals surface area (Å²) >= 11 is 0. The van der Waals surface area contributed by atoms with Gasteiger partial charge in [0.15, 0.2) is 0 Å². The van der Waals surface area contributed by atoms with Crippen LogP contribution in [0.1, 0.15) is 6.92 Å². The molecule has 7 heteroatoms. The van der Waals surface area contributed by atoms with Crippen LogP contribution in [0.3, 0.4) is 0 Å². The van der Waals surface area contributed by atoms with Gasteiger partial charge >= 0.3 is 5.97 Å². The Kier molecular flexibility index (Phi) is 4.89. The third-order valence-electron chi connectivity index (χ3n) is 1.32. The summed E-state index contributed by atoms with van der Waals surface area (Å²) in [6.45, 7) is 1.66. The van der Waals surface area contributed by atoms with E-state index in [-0.39, 0.29) is 13.1 Å². The van der Waals surface area contributed by atoms with Crippen molar-refractivity contribution < 1.29 is 17.9 Å².